The van der Waals surface area contributed by atoms with E-state index in [0.29, 0.717) is 0 Å². The number of aromatic nitrogens is 2. The van der Waals surface area contributed by atoms with Gasteiger partial charge in [0, 0.05) is 24.6 Å². The second-order valence-corrected chi connectivity index (χ2v) is 4.24. The zero-order valence-electron chi connectivity index (χ0n) is 10.4. The van der Waals surface area contributed by atoms with Gasteiger partial charge in [0.05, 0.1) is 5.69 Å². The van der Waals surface area contributed by atoms with E-state index in [1.54, 1.807) is 0 Å². The maximum Gasteiger partial charge on any atom is 0.243 e. The fourth-order valence-electron chi connectivity index (χ4n) is 2.04. The highest BCUT2D eigenvalue weighted by atomic mass is 16.2. The van der Waals surface area contributed by atoms with Crippen LogP contribution in [0.4, 0.5) is 0 Å². The average Bonchev–Trinajstić information content (AvgIpc) is 2.58. The number of nitrogens with zero attached hydrogens (tertiary/aromatic N) is 2. The molecule has 1 heterocycles. The van der Waals surface area contributed by atoms with Crippen LogP contribution < -0.4 is 0 Å². The third kappa shape index (κ3) is 2.28. The summed E-state index contributed by atoms with van der Waals surface area (Å²) < 4.78 is 1.48. The molecule has 0 bridgehead atoms. The Morgan fingerprint density at radius 1 is 1.24 bits per heavy atom. The standard InChI is InChI=1S/C14H16N2O/c1-10-14(9-13-7-5-4-6-8-13)11(2)16(15-10)12(3)17/h4-8H,9H2,1-3H3. The van der Waals surface area contributed by atoms with Crippen LogP contribution in [0.25, 0.3) is 0 Å². The Bertz CT molecular complexity index is 541. The van der Waals surface area contributed by atoms with Gasteiger partial charge in [0.15, 0.2) is 0 Å². The number of carbonyl (C=O) groups excluding carboxylic acids is 1. The predicted molar refractivity (Wildman–Crippen MR) is 67.2 cm³/mol. The van der Waals surface area contributed by atoms with Crippen molar-refractivity contribution in [3.63, 3.8) is 0 Å². The van der Waals surface area contributed by atoms with E-state index in [1.165, 1.54) is 17.2 Å². The van der Waals surface area contributed by atoms with Crippen molar-refractivity contribution in [1.29, 1.82) is 0 Å². The minimum atomic E-state index is -0.0371. The van der Waals surface area contributed by atoms with Crippen LogP contribution in [0.2, 0.25) is 0 Å². The summed E-state index contributed by atoms with van der Waals surface area (Å²) in [4.78, 5) is 11.4. The number of hydrogen-bond donors (Lipinski definition) is 0. The van der Waals surface area contributed by atoms with Gasteiger partial charge in [0.1, 0.15) is 0 Å². The molecule has 3 heteroatoms. The number of aryl methyl sites for hydroxylation is 1. The number of rotatable bonds is 2. The Morgan fingerprint density at radius 2 is 1.88 bits per heavy atom. The Labute approximate surface area is 101 Å². The van der Waals surface area contributed by atoms with Crippen LogP contribution in [0.1, 0.15) is 34.2 Å². The summed E-state index contributed by atoms with van der Waals surface area (Å²) in [6.07, 6.45) is 0.825. The van der Waals surface area contributed by atoms with E-state index in [1.807, 2.05) is 32.0 Å². The summed E-state index contributed by atoms with van der Waals surface area (Å²) in [5.74, 6) is -0.0371. The summed E-state index contributed by atoms with van der Waals surface area (Å²) in [6, 6.07) is 10.2. The molecular weight excluding hydrogens is 212 g/mol. The van der Waals surface area contributed by atoms with Crippen LogP contribution in [0, 0.1) is 13.8 Å². The zero-order valence-corrected chi connectivity index (χ0v) is 10.4. The molecule has 3 nitrogen and oxygen atoms in total. The second kappa shape index (κ2) is 4.53. The lowest BCUT2D eigenvalue weighted by Crippen LogP contribution is -2.09. The van der Waals surface area contributed by atoms with E-state index in [2.05, 4.69) is 17.2 Å². The molecule has 0 aliphatic carbocycles. The maximum atomic E-state index is 11.4. The third-order valence-electron chi connectivity index (χ3n) is 2.96. The van der Waals surface area contributed by atoms with Crippen LogP contribution in [0.5, 0.6) is 0 Å². The molecule has 88 valence electrons. The van der Waals surface area contributed by atoms with Gasteiger partial charge < -0.3 is 0 Å². The minimum absolute atomic E-state index is 0.0371. The van der Waals surface area contributed by atoms with E-state index in [-0.39, 0.29) is 5.91 Å². The lowest BCUT2D eigenvalue weighted by molar-refractivity contribution is 0.0918. The summed E-state index contributed by atoms with van der Waals surface area (Å²) >= 11 is 0. The Kier molecular flexibility index (Phi) is 3.09. The lowest BCUT2D eigenvalue weighted by atomic mass is 10.0. The number of benzene rings is 1. The summed E-state index contributed by atoms with van der Waals surface area (Å²) in [5, 5.41) is 4.27. The molecule has 0 aliphatic rings. The maximum absolute atomic E-state index is 11.4. The topological polar surface area (TPSA) is 34.9 Å². The van der Waals surface area contributed by atoms with E-state index < -0.39 is 0 Å². The fraction of sp³-hybridized carbons (Fsp3) is 0.286. The molecule has 0 amide bonds. The van der Waals surface area contributed by atoms with Crippen LogP contribution in [0.3, 0.4) is 0 Å². The van der Waals surface area contributed by atoms with Crippen molar-refractivity contribution in [1.82, 2.24) is 9.78 Å². The molecule has 17 heavy (non-hydrogen) atoms. The lowest BCUT2D eigenvalue weighted by Gasteiger charge is -2.02. The summed E-state index contributed by atoms with van der Waals surface area (Å²) in [6.45, 7) is 5.43. The normalized spacial score (nSPS) is 10.5. The van der Waals surface area contributed by atoms with Crippen LogP contribution >= 0.6 is 0 Å². The Hall–Kier alpha value is -1.90. The molecule has 2 rings (SSSR count). The van der Waals surface area contributed by atoms with Gasteiger partial charge in [-0.2, -0.15) is 5.10 Å². The molecule has 0 aliphatic heterocycles. The van der Waals surface area contributed by atoms with E-state index in [4.69, 9.17) is 0 Å². The minimum Gasteiger partial charge on any atom is -0.273 e. The molecule has 0 radical (unpaired) electrons. The first-order valence-electron chi connectivity index (χ1n) is 5.69. The first kappa shape index (κ1) is 11.6. The highest BCUT2D eigenvalue weighted by molar-refractivity contribution is 5.76. The highest BCUT2D eigenvalue weighted by Gasteiger charge is 2.13. The largest absolute Gasteiger partial charge is 0.273 e. The van der Waals surface area contributed by atoms with Gasteiger partial charge in [-0.05, 0) is 19.4 Å². The number of carbonyl (C=O) groups is 1. The fourth-order valence-corrected chi connectivity index (χ4v) is 2.04. The average molecular weight is 228 g/mol. The predicted octanol–water partition coefficient (Wildman–Crippen LogP) is 2.75. The molecule has 1 aromatic heterocycles. The van der Waals surface area contributed by atoms with Crippen molar-refractivity contribution in [2.45, 2.75) is 27.2 Å². The Morgan fingerprint density at radius 3 is 2.41 bits per heavy atom. The van der Waals surface area contributed by atoms with E-state index >= 15 is 0 Å². The molecule has 0 saturated heterocycles. The molecule has 0 N–H and O–H groups in total. The zero-order chi connectivity index (χ0) is 12.4. The van der Waals surface area contributed by atoms with Crippen molar-refractivity contribution in [2.75, 3.05) is 0 Å². The third-order valence-corrected chi connectivity index (χ3v) is 2.96. The van der Waals surface area contributed by atoms with Gasteiger partial charge in [-0.3, -0.25) is 4.79 Å². The Balaban J connectivity index is 2.37. The van der Waals surface area contributed by atoms with Gasteiger partial charge in [0.25, 0.3) is 0 Å². The number of hydrogen-bond acceptors (Lipinski definition) is 2. The van der Waals surface area contributed by atoms with Crippen molar-refractivity contribution in [3.05, 3.63) is 52.8 Å². The summed E-state index contributed by atoms with van der Waals surface area (Å²) in [7, 11) is 0. The van der Waals surface area contributed by atoms with Gasteiger partial charge in [-0.1, -0.05) is 30.3 Å². The van der Waals surface area contributed by atoms with Crippen molar-refractivity contribution >= 4 is 5.91 Å². The van der Waals surface area contributed by atoms with Crippen LogP contribution in [0.15, 0.2) is 30.3 Å². The van der Waals surface area contributed by atoms with Gasteiger partial charge in [-0.25, -0.2) is 4.68 Å². The smallest absolute Gasteiger partial charge is 0.243 e. The van der Waals surface area contributed by atoms with Gasteiger partial charge >= 0.3 is 0 Å². The first-order chi connectivity index (χ1) is 8.09. The molecule has 0 atom stereocenters. The van der Waals surface area contributed by atoms with Crippen molar-refractivity contribution in [2.24, 2.45) is 0 Å². The van der Waals surface area contributed by atoms with E-state index in [0.717, 1.165) is 23.4 Å². The van der Waals surface area contributed by atoms with Gasteiger partial charge in [0.2, 0.25) is 5.91 Å². The first-order valence-corrected chi connectivity index (χ1v) is 5.69. The highest BCUT2D eigenvalue weighted by Crippen LogP contribution is 2.17. The second-order valence-electron chi connectivity index (χ2n) is 4.24. The quantitative estimate of drug-likeness (QED) is 0.792. The van der Waals surface area contributed by atoms with E-state index in [9.17, 15) is 4.79 Å². The van der Waals surface area contributed by atoms with Crippen LogP contribution in [-0.2, 0) is 6.42 Å². The monoisotopic (exact) mass is 228 g/mol. The molecule has 0 unspecified atom stereocenters. The van der Waals surface area contributed by atoms with Crippen molar-refractivity contribution < 1.29 is 4.79 Å². The van der Waals surface area contributed by atoms with Crippen molar-refractivity contribution in [3.8, 4) is 0 Å². The molecule has 0 fully saturated rings. The molecule has 0 spiro atoms. The molecule has 0 saturated carbocycles. The molecular formula is C14H16N2O. The van der Waals surface area contributed by atoms with Gasteiger partial charge in [-0.15, -0.1) is 0 Å². The van der Waals surface area contributed by atoms with Crippen LogP contribution in [-0.4, -0.2) is 15.7 Å². The molecule has 2 aromatic rings. The summed E-state index contributed by atoms with van der Waals surface area (Å²) in [5.41, 5.74) is 4.26. The molecule has 1 aromatic carbocycles. The SMILES string of the molecule is CC(=O)n1nc(C)c(Cc2ccccc2)c1C.